The number of carbonyl (C=O) groups excluding carboxylic acids is 3. The van der Waals surface area contributed by atoms with Gasteiger partial charge in [-0.1, -0.05) is 48.0 Å². The van der Waals surface area contributed by atoms with Crippen molar-refractivity contribution in [2.24, 2.45) is 0 Å². The van der Waals surface area contributed by atoms with E-state index in [0.717, 1.165) is 5.56 Å². The number of ether oxygens (including phenoxy) is 1. The monoisotopic (exact) mass is 384 g/mol. The van der Waals surface area contributed by atoms with Crippen LogP contribution in [0, 0.1) is 0 Å². The van der Waals surface area contributed by atoms with E-state index in [1.54, 1.807) is 30.3 Å². The van der Waals surface area contributed by atoms with Gasteiger partial charge in [0.2, 0.25) is 18.0 Å². The molecular weight excluding hydrogens is 368 g/mol. The Labute approximate surface area is 161 Å². The fraction of sp³-hybridized carbons (Fsp3) is 0.250. The van der Waals surface area contributed by atoms with E-state index >= 15 is 0 Å². The number of amides is 2. The van der Waals surface area contributed by atoms with Crippen molar-refractivity contribution in [1.29, 1.82) is 0 Å². The summed E-state index contributed by atoms with van der Waals surface area (Å²) in [6, 6.07) is 13.5. The first-order valence-electron chi connectivity index (χ1n) is 8.68. The Bertz CT molecular complexity index is 930. The van der Waals surface area contributed by atoms with Gasteiger partial charge < -0.3 is 10.1 Å². The number of nitrogens with one attached hydrogen (secondary N) is 1. The molecule has 2 heterocycles. The maximum Gasteiger partial charge on any atom is 0.340 e. The molecule has 4 rings (SSSR count). The van der Waals surface area contributed by atoms with E-state index in [1.165, 1.54) is 4.90 Å². The summed E-state index contributed by atoms with van der Waals surface area (Å²) in [5, 5.41) is 3.40. The Morgan fingerprint density at radius 2 is 1.89 bits per heavy atom. The van der Waals surface area contributed by atoms with E-state index in [0.29, 0.717) is 22.6 Å². The highest BCUT2D eigenvalue weighted by molar-refractivity contribution is 6.31. The zero-order valence-electron chi connectivity index (χ0n) is 14.4. The van der Waals surface area contributed by atoms with Crippen molar-refractivity contribution in [3.05, 3.63) is 70.2 Å². The second-order valence-corrected chi connectivity index (χ2v) is 6.92. The molecule has 1 fully saturated rings. The molecule has 0 aromatic heterocycles. The van der Waals surface area contributed by atoms with Crippen molar-refractivity contribution >= 4 is 29.4 Å². The van der Waals surface area contributed by atoms with E-state index in [9.17, 15) is 14.4 Å². The lowest BCUT2D eigenvalue weighted by molar-refractivity contribution is -0.145. The van der Waals surface area contributed by atoms with Crippen LogP contribution in [0.3, 0.4) is 0 Å². The van der Waals surface area contributed by atoms with Gasteiger partial charge in [0, 0.05) is 23.6 Å². The third-order valence-electron chi connectivity index (χ3n) is 4.89. The highest BCUT2D eigenvalue weighted by Gasteiger charge is 2.46. The fourth-order valence-electron chi connectivity index (χ4n) is 3.53. The number of likely N-dealkylation sites (tertiary alicyclic amines) is 1. The first kappa shape index (κ1) is 17.5. The predicted octanol–water partition coefficient (Wildman–Crippen LogP) is 2.82. The number of halogens is 1. The molecule has 7 heteroatoms. The largest absolute Gasteiger partial charge is 0.433 e. The van der Waals surface area contributed by atoms with Crippen molar-refractivity contribution < 1.29 is 19.1 Å². The SMILES string of the molecule is O=C1O[C@@H](N2C(=O)CC[C@@H]2C(=O)NCc2ccccc2Cl)c2ccccc21. The third kappa shape index (κ3) is 3.17. The molecule has 6 nitrogen and oxygen atoms in total. The smallest absolute Gasteiger partial charge is 0.340 e. The Hall–Kier alpha value is -2.86. The number of fused-ring (bicyclic) bond motifs is 1. The lowest BCUT2D eigenvalue weighted by Crippen LogP contribution is -2.46. The average molecular weight is 385 g/mol. The summed E-state index contributed by atoms with van der Waals surface area (Å²) in [6.07, 6.45) is -0.246. The van der Waals surface area contributed by atoms with Gasteiger partial charge in [0.15, 0.2) is 0 Å². The fourth-order valence-corrected chi connectivity index (χ4v) is 3.73. The summed E-state index contributed by atoms with van der Waals surface area (Å²) in [5.74, 6) is -0.978. The summed E-state index contributed by atoms with van der Waals surface area (Å²) in [4.78, 5) is 38.7. The number of hydrogen-bond donors (Lipinski definition) is 1. The van der Waals surface area contributed by atoms with E-state index in [4.69, 9.17) is 16.3 Å². The van der Waals surface area contributed by atoms with Crippen LogP contribution in [0.15, 0.2) is 48.5 Å². The molecule has 0 saturated carbocycles. The lowest BCUT2D eigenvalue weighted by atomic mass is 10.1. The molecule has 1 N–H and O–H groups in total. The zero-order valence-corrected chi connectivity index (χ0v) is 15.1. The summed E-state index contributed by atoms with van der Waals surface area (Å²) in [6.45, 7) is 0.262. The van der Waals surface area contributed by atoms with E-state index in [2.05, 4.69) is 5.32 Å². The molecule has 0 unspecified atom stereocenters. The molecule has 2 aromatic rings. The van der Waals surface area contributed by atoms with Crippen molar-refractivity contribution in [3.63, 3.8) is 0 Å². The van der Waals surface area contributed by atoms with Crippen molar-refractivity contribution in [2.45, 2.75) is 31.7 Å². The predicted molar refractivity (Wildman–Crippen MR) is 97.8 cm³/mol. The van der Waals surface area contributed by atoms with Crippen LogP contribution in [0.5, 0.6) is 0 Å². The zero-order chi connectivity index (χ0) is 19.0. The number of carbonyl (C=O) groups is 3. The molecule has 2 aliphatic rings. The molecule has 0 radical (unpaired) electrons. The van der Waals surface area contributed by atoms with E-state index in [-0.39, 0.29) is 24.8 Å². The first-order valence-corrected chi connectivity index (χ1v) is 9.06. The quantitative estimate of drug-likeness (QED) is 0.822. The van der Waals surface area contributed by atoms with E-state index in [1.807, 2.05) is 18.2 Å². The summed E-state index contributed by atoms with van der Waals surface area (Å²) >= 11 is 6.12. The number of rotatable bonds is 4. The number of esters is 1. The van der Waals surface area contributed by atoms with Gasteiger partial charge in [-0.3, -0.25) is 14.5 Å². The van der Waals surface area contributed by atoms with Gasteiger partial charge in [-0.25, -0.2) is 4.79 Å². The molecule has 27 heavy (non-hydrogen) atoms. The minimum absolute atomic E-state index is 0.206. The van der Waals surface area contributed by atoms with Crippen LogP contribution < -0.4 is 5.32 Å². The van der Waals surface area contributed by atoms with E-state index < -0.39 is 18.2 Å². The number of cyclic esters (lactones) is 1. The maximum atomic E-state index is 12.7. The van der Waals surface area contributed by atoms with Crippen molar-refractivity contribution in [1.82, 2.24) is 10.2 Å². The van der Waals surface area contributed by atoms with Gasteiger partial charge in [-0.15, -0.1) is 0 Å². The molecule has 2 amide bonds. The summed E-state index contributed by atoms with van der Waals surface area (Å²) in [5.41, 5.74) is 1.83. The van der Waals surface area contributed by atoms with Crippen LogP contribution in [-0.4, -0.2) is 28.7 Å². The Balaban J connectivity index is 1.53. The molecule has 138 valence electrons. The maximum absolute atomic E-state index is 12.7. The lowest BCUT2D eigenvalue weighted by Gasteiger charge is -2.29. The molecule has 0 aliphatic carbocycles. The third-order valence-corrected chi connectivity index (χ3v) is 5.26. The van der Waals surface area contributed by atoms with Gasteiger partial charge in [0.05, 0.1) is 5.56 Å². The van der Waals surface area contributed by atoms with Gasteiger partial charge >= 0.3 is 5.97 Å². The molecule has 2 aromatic carbocycles. The van der Waals surface area contributed by atoms with Gasteiger partial charge in [0.25, 0.3) is 0 Å². The van der Waals surface area contributed by atoms with Crippen LogP contribution in [0.4, 0.5) is 0 Å². The summed E-state index contributed by atoms with van der Waals surface area (Å²) < 4.78 is 5.41. The molecule has 2 aliphatic heterocycles. The van der Waals surface area contributed by atoms with Crippen LogP contribution in [-0.2, 0) is 20.9 Å². The molecule has 1 saturated heterocycles. The van der Waals surface area contributed by atoms with Crippen molar-refractivity contribution in [2.75, 3.05) is 0 Å². The van der Waals surface area contributed by atoms with Gasteiger partial charge in [-0.2, -0.15) is 0 Å². The Kier molecular flexibility index (Phi) is 4.58. The standard InChI is InChI=1S/C20H17ClN2O4/c21-15-8-4-1-5-12(15)11-22-18(25)16-9-10-17(24)23(16)19-13-6-2-3-7-14(13)20(26)27-19/h1-8,16,19H,9-11H2,(H,22,25)/t16-,19-/m1/s1. The minimum atomic E-state index is -0.861. The number of hydrogen-bond acceptors (Lipinski definition) is 4. The number of nitrogens with zero attached hydrogens (tertiary/aromatic N) is 1. The van der Waals surface area contributed by atoms with Crippen molar-refractivity contribution in [3.8, 4) is 0 Å². The molecule has 0 spiro atoms. The Morgan fingerprint density at radius 1 is 1.15 bits per heavy atom. The second kappa shape index (κ2) is 7.04. The molecular formula is C20H17ClN2O4. The van der Waals surface area contributed by atoms with Gasteiger partial charge in [-0.05, 0) is 24.1 Å². The van der Waals surface area contributed by atoms with Crippen LogP contribution in [0.25, 0.3) is 0 Å². The Morgan fingerprint density at radius 3 is 2.70 bits per heavy atom. The van der Waals surface area contributed by atoms with Crippen LogP contribution in [0.1, 0.15) is 40.6 Å². The second-order valence-electron chi connectivity index (χ2n) is 6.51. The van der Waals surface area contributed by atoms with Crippen LogP contribution in [0.2, 0.25) is 5.02 Å². The summed E-state index contributed by atoms with van der Waals surface area (Å²) in [7, 11) is 0. The molecule has 2 atom stereocenters. The number of benzene rings is 2. The van der Waals surface area contributed by atoms with Gasteiger partial charge in [0.1, 0.15) is 6.04 Å². The average Bonchev–Trinajstić information content (AvgIpc) is 3.21. The highest BCUT2D eigenvalue weighted by Crippen LogP contribution is 2.38. The van der Waals surface area contributed by atoms with Crippen LogP contribution >= 0.6 is 11.6 Å². The topological polar surface area (TPSA) is 75.7 Å². The first-order chi connectivity index (χ1) is 13.1. The highest BCUT2D eigenvalue weighted by atomic mass is 35.5. The minimum Gasteiger partial charge on any atom is -0.433 e. The normalized spacial score (nSPS) is 21.1. The molecule has 0 bridgehead atoms.